The Morgan fingerprint density at radius 2 is 2.20 bits per heavy atom. The average molecular weight is 212 g/mol. The zero-order chi connectivity index (χ0) is 10.5. The summed E-state index contributed by atoms with van der Waals surface area (Å²) in [6.07, 6.45) is 2.78. The summed E-state index contributed by atoms with van der Waals surface area (Å²) in [6.45, 7) is 8.78. The van der Waals surface area contributed by atoms with E-state index in [2.05, 4.69) is 17.6 Å². The van der Waals surface area contributed by atoms with Gasteiger partial charge in [-0.05, 0) is 50.2 Å². The normalized spacial score (nSPS) is 23.8. The van der Waals surface area contributed by atoms with E-state index in [0.717, 1.165) is 44.1 Å². The van der Waals surface area contributed by atoms with Crippen LogP contribution in [-0.4, -0.2) is 39.4 Å². The molecule has 88 valence electrons. The Hall–Kier alpha value is -0.120. The van der Waals surface area contributed by atoms with E-state index in [-0.39, 0.29) is 0 Å². The van der Waals surface area contributed by atoms with Crippen LogP contribution in [0.15, 0.2) is 0 Å². The molecule has 1 atom stereocenters. The zero-order valence-corrected chi connectivity index (χ0v) is 9.80. The molecule has 0 spiro atoms. The largest absolute Gasteiger partial charge is 0.380 e. The molecule has 2 fully saturated rings. The van der Waals surface area contributed by atoms with Gasteiger partial charge in [0.15, 0.2) is 0 Å². The highest BCUT2D eigenvalue weighted by atomic mass is 16.5. The smallest absolute Gasteiger partial charge is 0.0591 e. The van der Waals surface area contributed by atoms with Crippen molar-refractivity contribution >= 4 is 0 Å². The molecule has 2 aliphatic rings. The molecule has 3 nitrogen and oxygen atoms in total. The minimum Gasteiger partial charge on any atom is -0.380 e. The van der Waals surface area contributed by atoms with Crippen molar-refractivity contribution in [3.8, 4) is 0 Å². The molecule has 0 aromatic heterocycles. The van der Waals surface area contributed by atoms with Crippen LogP contribution in [0.5, 0.6) is 0 Å². The van der Waals surface area contributed by atoms with Gasteiger partial charge in [0.1, 0.15) is 0 Å². The highest BCUT2D eigenvalue weighted by molar-refractivity contribution is 4.80. The molecular formula is C12H24N2O. The Bertz CT molecular complexity index is 178. The van der Waals surface area contributed by atoms with E-state index in [1.165, 1.54) is 25.9 Å². The van der Waals surface area contributed by atoms with E-state index in [0.29, 0.717) is 0 Å². The summed E-state index contributed by atoms with van der Waals surface area (Å²) in [4.78, 5) is 0. The van der Waals surface area contributed by atoms with Crippen molar-refractivity contribution in [2.45, 2.75) is 19.8 Å². The first-order chi connectivity index (χ1) is 7.36. The molecule has 2 N–H and O–H groups in total. The summed E-state index contributed by atoms with van der Waals surface area (Å²) in [7, 11) is 0. The second-order valence-electron chi connectivity index (χ2n) is 5.12. The zero-order valence-electron chi connectivity index (χ0n) is 9.80. The lowest BCUT2D eigenvalue weighted by Gasteiger charge is -2.32. The van der Waals surface area contributed by atoms with Crippen LogP contribution in [0.3, 0.4) is 0 Å². The Morgan fingerprint density at radius 3 is 2.80 bits per heavy atom. The summed E-state index contributed by atoms with van der Waals surface area (Å²) < 4.78 is 5.57. The maximum atomic E-state index is 5.57. The second-order valence-corrected chi connectivity index (χ2v) is 5.12. The Balaban J connectivity index is 1.37. The molecular weight excluding hydrogens is 188 g/mol. The van der Waals surface area contributed by atoms with Gasteiger partial charge < -0.3 is 15.4 Å². The highest BCUT2D eigenvalue weighted by Gasteiger charge is 2.23. The number of nitrogens with one attached hydrogen (secondary N) is 2. The van der Waals surface area contributed by atoms with Gasteiger partial charge in [0.2, 0.25) is 0 Å². The van der Waals surface area contributed by atoms with Crippen LogP contribution >= 0.6 is 0 Å². The van der Waals surface area contributed by atoms with Crippen LogP contribution in [0.1, 0.15) is 19.8 Å². The highest BCUT2D eigenvalue weighted by Crippen LogP contribution is 2.28. The first-order valence-corrected chi connectivity index (χ1v) is 6.35. The van der Waals surface area contributed by atoms with Crippen molar-refractivity contribution in [2.75, 3.05) is 39.4 Å². The van der Waals surface area contributed by atoms with Crippen LogP contribution < -0.4 is 10.6 Å². The number of ether oxygens (including phenoxy) is 1. The summed E-state index contributed by atoms with van der Waals surface area (Å²) in [5, 5.41) is 6.80. The number of hydrogen-bond donors (Lipinski definition) is 2. The topological polar surface area (TPSA) is 33.3 Å². The van der Waals surface area contributed by atoms with E-state index in [4.69, 9.17) is 4.74 Å². The molecule has 1 saturated carbocycles. The molecule has 0 amide bonds. The van der Waals surface area contributed by atoms with Crippen molar-refractivity contribution in [3.05, 3.63) is 0 Å². The van der Waals surface area contributed by atoms with Gasteiger partial charge in [-0.15, -0.1) is 0 Å². The lowest BCUT2D eigenvalue weighted by atomic mass is 9.89. The standard InChI is InChI=1S/C12H24N2O/c1-10(12-7-14-8-12)6-13-4-5-15-9-11-2-3-11/h10-14H,2-9H2,1H3. The minimum absolute atomic E-state index is 0.801. The fourth-order valence-electron chi connectivity index (χ4n) is 1.89. The molecule has 0 aromatic carbocycles. The number of hydrogen-bond acceptors (Lipinski definition) is 3. The molecule has 0 bridgehead atoms. The van der Waals surface area contributed by atoms with E-state index in [9.17, 15) is 0 Å². The van der Waals surface area contributed by atoms with Gasteiger partial charge >= 0.3 is 0 Å². The van der Waals surface area contributed by atoms with Gasteiger partial charge in [0, 0.05) is 13.2 Å². The SMILES string of the molecule is CC(CNCCOCC1CC1)C1CNC1. The summed E-state index contributed by atoms with van der Waals surface area (Å²) >= 11 is 0. The van der Waals surface area contributed by atoms with E-state index >= 15 is 0 Å². The maximum Gasteiger partial charge on any atom is 0.0591 e. The Kier molecular flexibility index (Phi) is 4.42. The van der Waals surface area contributed by atoms with Crippen LogP contribution in [0.4, 0.5) is 0 Å². The minimum atomic E-state index is 0.801. The molecule has 3 heteroatoms. The summed E-state index contributed by atoms with van der Waals surface area (Å²) in [5.41, 5.74) is 0. The molecule has 1 heterocycles. The summed E-state index contributed by atoms with van der Waals surface area (Å²) in [6, 6.07) is 0. The molecule has 1 aliphatic carbocycles. The van der Waals surface area contributed by atoms with Gasteiger partial charge in [0.25, 0.3) is 0 Å². The van der Waals surface area contributed by atoms with Gasteiger partial charge in [0.05, 0.1) is 6.61 Å². The fourth-order valence-corrected chi connectivity index (χ4v) is 1.89. The first-order valence-electron chi connectivity index (χ1n) is 6.35. The van der Waals surface area contributed by atoms with Crippen LogP contribution in [0, 0.1) is 17.8 Å². The van der Waals surface area contributed by atoms with Gasteiger partial charge in [-0.3, -0.25) is 0 Å². The van der Waals surface area contributed by atoms with E-state index < -0.39 is 0 Å². The van der Waals surface area contributed by atoms with E-state index in [1.54, 1.807) is 0 Å². The molecule has 0 radical (unpaired) electrons. The molecule has 2 rings (SSSR count). The van der Waals surface area contributed by atoms with Gasteiger partial charge in [-0.1, -0.05) is 6.92 Å². The third-order valence-corrected chi connectivity index (χ3v) is 3.56. The average Bonchev–Trinajstić information content (AvgIpc) is 2.91. The Morgan fingerprint density at radius 1 is 1.40 bits per heavy atom. The predicted molar refractivity (Wildman–Crippen MR) is 61.9 cm³/mol. The first kappa shape index (κ1) is 11.4. The van der Waals surface area contributed by atoms with Gasteiger partial charge in [-0.2, -0.15) is 0 Å². The third-order valence-electron chi connectivity index (χ3n) is 3.56. The van der Waals surface area contributed by atoms with Crippen molar-refractivity contribution in [1.29, 1.82) is 0 Å². The quantitative estimate of drug-likeness (QED) is 0.585. The summed E-state index contributed by atoms with van der Waals surface area (Å²) in [5.74, 6) is 2.59. The van der Waals surface area contributed by atoms with Crippen molar-refractivity contribution < 1.29 is 4.74 Å². The maximum absolute atomic E-state index is 5.57. The van der Waals surface area contributed by atoms with Crippen LogP contribution in [0.2, 0.25) is 0 Å². The predicted octanol–water partition coefficient (Wildman–Crippen LogP) is 0.858. The molecule has 1 unspecified atom stereocenters. The van der Waals surface area contributed by atoms with Crippen molar-refractivity contribution in [3.63, 3.8) is 0 Å². The van der Waals surface area contributed by atoms with Crippen LogP contribution in [0.25, 0.3) is 0 Å². The Labute approximate surface area is 93.0 Å². The lowest BCUT2D eigenvalue weighted by molar-refractivity contribution is 0.124. The third kappa shape index (κ3) is 4.09. The molecule has 15 heavy (non-hydrogen) atoms. The monoisotopic (exact) mass is 212 g/mol. The molecule has 1 aliphatic heterocycles. The van der Waals surface area contributed by atoms with Crippen molar-refractivity contribution in [1.82, 2.24) is 10.6 Å². The van der Waals surface area contributed by atoms with Gasteiger partial charge in [-0.25, -0.2) is 0 Å². The molecule has 0 aromatic rings. The van der Waals surface area contributed by atoms with E-state index in [1.807, 2.05) is 0 Å². The lowest BCUT2D eigenvalue weighted by Crippen LogP contribution is -2.47. The fraction of sp³-hybridized carbons (Fsp3) is 1.00. The second kappa shape index (κ2) is 5.83. The van der Waals surface area contributed by atoms with Crippen LogP contribution in [-0.2, 0) is 4.74 Å². The molecule has 1 saturated heterocycles. The number of rotatable bonds is 8. The van der Waals surface area contributed by atoms with Crippen molar-refractivity contribution in [2.24, 2.45) is 17.8 Å².